The molecule has 0 fully saturated rings. The van der Waals surface area contributed by atoms with Gasteiger partial charge in [0.2, 0.25) is 0 Å². The van der Waals surface area contributed by atoms with E-state index in [-0.39, 0.29) is 0 Å². The van der Waals surface area contributed by atoms with Crippen LogP contribution in [0, 0.1) is 0 Å². The highest BCUT2D eigenvalue weighted by Gasteiger charge is 2.04. The van der Waals surface area contributed by atoms with Gasteiger partial charge in [0, 0.05) is 11.1 Å². The van der Waals surface area contributed by atoms with Gasteiger partial charge in [0.05, 0.1) is 12.7 Å². The first-order valence-electron chi connectivity index (χ1n) is 4.54. The van der Waals surface area contributed by atoms with Crippen molar-refractivity contribution in [1.82, 2.24) is 4.98 Å². The molecule has 0 aliphatic heterocycles. The van der Waals surface area contributed by atoms with Crippen LogP contribution >= 0.6 is 11.3 Å². The monoisotopic (exact) mass is 208 g/mol. The minimum atomic E-state index is 0.683. The minimum absolute atomic E-state index is 0.683. The Morgan fingerprint density at radius 2 is 2.43 bits per heavy atom. The summed E-state index contributed by atoms with van der Waals surface area (Å²) in [7, 11) is 0. The third kappa shape index (κ3) is 2.21. The first-order valence-corrected chi connectivity index (χ1v) is 5.36. The molecule has 0 saturated heterocycles. The van der Waals surface area contributed by atoms with Gasteiger partial charge < -0.3 is 10.2 Å². The zero-order valence-corrected chi connectivity index (χ0v) is 8.59. The van der Waals surface area contributed by atoms with Crippen molar-refractivity contribution in [2.45, 2.75) is 12.8 Å². The molecular formula is C10H12N2OS. The second-order valence-electron chi connectivity index (χ2n) is 3.02. The van der Waals surface area contributed by atoms with Gasteiger partial charge in [0.1, 0.15) is 10.8 Å². The minimum Gasteiger partial charge on any atom is -0.469 e. The van der Waals surface area contributed by atoms with Crippen LogP contribution in [0.1, 0.15) is 15.6 Å². The molecule has 2 N–H and O–H groups in total. The molecular weight excluding hydrogens is 196 g/mol. The fourth-order valence-corrected chi connectivity index (χ4v) is 2.20. The van der Waals surface area contributed by atoms with Crippen LogP contribution in [0.2, 0.25) is 0 Å². The number of nitrogens with zero attached hydrogens (tertiary/aromatic N) is 1. The van der Waals surface area contributed by atoms with Gasteiger partial charge in [0.15, 0.2) is 0 Å². The average molecular weight is 208 g/mol. The fraction of sp³-hybridized carbons (Fsp3) is 0.300. The van der Waals surface area contributed by atoms with Crippen LogP contribution < -0.4 is 5.73 Å². The van der Waals surface area contributed by atoms with E-state index in [0.717, 1.165) is 23.6 Å². The summed E-state index contributed by atoms with van der Waals surface area (Å²) >= 11 is 1.70. The SMILES string of the molecule is NCCc1cnc(Cc2ccco2)s1. The van der Waals surface area contributed by atoms with E-state index in [2.05, 4.69) is 4.98 Å². The van der Waals surface area contributed by atoms with Crippen LogP contribution in [-0.2, 0) is 12.8 Å². The molecule has 74 valence electrons. The molecule has 2 rings (SSSR count). The first-order chi connectivity index (χ1) is 6.88. The van der Waals surface area contributed by atoms with E-state index in [1.54, 1.807) is 17.6 Å². The van der Waals surface area contributed by atoms with E-state index in [1.807, 2.05) is 18.3 Å². The zero-order valence-electron chi connectivity index (χ0n) is 7.77. The lowest BCUT2D eigenvalue weighted by atomic mass is 10.3. The van der Waals surface area contributed by atoms with E-state index >= 15 is 0 Å². The van der Waals surface area contributed by atoms with Crippen molar-refractivity contribution >= 4 is 11.3 Å². The normalized spacial score (nSPS) is 10.6. The number of nitrogens with two attached hydrogens (primary N) is 1. The van der Waals surface area contributed by atoms with Crippen molar-refractivity contribution in [1.29, 1.82) is 0 Å². The summed E-state index contributed by atoms with van der Waals surface area (Å²) in [6, 6.07) is 3.85. The molecule has 0 amide bonds. The molecule has 2 aromatic rings. The van der Waals surface area contributed by atoms with Crippen molar-refractivity contribution < 1.29 is 4.42 Å². The van der Waals surface area contributed by atoms with Crippen LogP contribution in [0.3, 0.4) is 0 Å². The second kappa shape index (κ2) is 4.39. The Labute approximate surface area is 86.6 Å². The van der Waals surface area contributed by atoms with E-state index < -0.39 is 0 Å². The van der Waals surface area contributed by atoms with Crippen LogP contribution in [-0.4, -0.2) is 11.5 Å². The van der Waals surface area contributed by atoms with Gasteiger partial charge in [-0.1, -0.05) is 0 Å². The lowest BCUT2D eigenvalue weighted by molar-refractivity contribution is 0.520. The van der Waals surface area contributed by atoms with E-state index in [1.165, 1.54) is 4.88 Å². The molecule has 0 radical (unpaired) electrons. The van der Waals surface area contributed by atoms with Crippen molar-refractivity contribution in [3.63, 3.8) is 0 Å². The summed E-state index contributed by atoms with van der Waals surface area (Å²) in [6.07, 6.45) is 5.28. The number of aromatic nitrogens is 1. The Hall–Kier alpha value is -1.13. The molecule has 3 nitrogen and oxygen atoms in total. The van der Waals surface area contributed by atoms with Gasteiger partial charge in [-0.05, 0) is 25.1 Å². The van der Waals surface area contributed by atoms with Crippen LogP contribution in [0.15, 0.2) is 29.0 Å². The molecule has 0 aromatic carbocycles. The topological polar surface area (TPSA) is 52.0 Å². The number of hydrogen-bond acceptors (Lipinski definition) is 4. The molecule has 4 heteroatoms. The largest absolute Gasteiger partial charge is 0.469 e. The highest BCUT2D eigenvalue weighted by atomic mass is 32.1. The summed E-state index contributed by atoms with van der Waals surface area (Å²) in [4.78, 5) is 5.56. The van der Waals surface area contributed by atoms with Gasteiger partial charge in [0.25, 0.3) is 0 Å². The Balaban J connectivity index is 2.03. The maximum atomic E-state index is 5.47. The van der Waals surface area contributed by atoms with Gasteiger partial charge >= 0.3 is 0 Å². The molecule has 0 aliphatic carbocycles. The van der Waals surface area contributed by atoms with E-state index in [9.17, 15) is 0 Å². The lowest BCUT2D eigenvalue weighted by Crippen LogP contribution is -2.00. The van der Waals surface area contributed by atoms with Crippen molar-refractivity contribution in [3.8, 4) is 0 Å². The van der Waals surface area contributed by atoms with Crippen molar-refractivity contribution in [2.75, 3.05) is 6.54 Å². The molecule has 0 saturated carbocycles. The maximum Gasteiger partial charge on any atom is 0.110 e. The quantitative estimate of drug-likeness (QED) is 0.834. The Kier molecular flexibility index (Phi) is 2.96. The Morgan fingerprint density at radius 3 is 3.14 bits per heavy atom. The molecule has 2 heterocycles. The number of furan rings is 1. The summed E-state index contributed by atoms with van der Waals surface area (Å²) in [5.74, 6) is 0.957. The third-order valence-electron chi connectivity index (χ3n) is 1.90. The Bertz CT molecular complexity index is 380. The summed E-state index contributed by atoms with van der Waals surface area (Å²) in [5, 5.41) is 1.09. The predicted octanol–water partition coefficient (Wildman–Crippen LogP) is 1.83. The molecule has 0 bridgehead atoms. The smallest absolute Gasteiger partial charge is 0.110 e. The van der Waals surface area contributed by atoms with Crippen LogP contribution in [0.5, 0.6) is 0 Å². The molecule has 2 aromatic heterocycles. The van der Waals surface area contributed by atoms with Crippen LogP contribution in [0.4, 0.5) is 0 Å². The molecule has 0 spiro atoms. The highest BCUT2D eigenvalue weighted by molar-refractivity contribution is 7.11. The van der Waals surface area contributed by atoms with Gasteiger partial charge in [-0.3, -0.25) is 0 Å². The second-order valence-corrected chi connectivity index (χ2v) is 4.21. The van der Waals surface area contributed by atoms with Gasteiger partial charge in [-0.15, -0.1) is 11.3 Å². The average Bonchev–Trinajstić information content (AvgIpc) is 2.79. The molecule has 0 unspecified atom stereocenters. The van der Waals surface area contributed by atoms with Crippen LogP contribution in [0.25, 0.3) is 0 Å². The summed E-state index contributed by atoms with van der Waals surface area (Å²) in [5.41, 5.74) is 5.47. The number of rotatable bonds is 4. The van der Waals surface area contributed by atoms with E-state index in [4.69, 9.17) is 10.2 Å². The highest BCUT2D eigenvalue weighted by Crippen LogP contribution is 2.17. The summed E-state index contributed by atoms with van der Waals surface area (Å²) in [6.45, 7) is 0.683. The Morgan fingerprint density at radius 1 is 1.50 bits per heavy atom. The molecule has 14 heavy (non-hydrogen) atoms. The number of hydrogen-bond donors (Lipinski definition) is 1. The van der Waals surface area contributed by atoms with Crippen molar-refractivity contribution in [2.24, 2.45) is 5.73 Å². The maximum absolute atomic E-state index is 5.47. The third-order valence-corrected chi connectivity index (χ3v) is 2.95. The summed E-state index contributed by atoms with van der Waals surface area (Å²) < 4.78 is 5.25. The lowest BCUT2D eigenvalue weighted by Gasteiger charge is -1.90. The molecule has 0 atom stereocenters. The standard InChI is InChI=1S/C10H12N2OS/c11-4-3-9-7-12-10(14-9)6-8-2-1-5-13-8/h1-2,5,7H,3-4,6,11H2. The first kappa shape index (κ1) is 9.43. The zero-order chi connectivity index (χ0) is 9.80. The fourth-order valence-electron chi connectivity index (χ4n) is 1.25. The molecule has 0 aliphatic rings. The van der Waals surface area contributed by atoms with Gasteiger partial charge in [-0.2, -0.15) is 0 Å². The van der Waals surface area contributed by atoms with Gasteiger partial charge in [-0.25, -0.2) is 4.98 Å². The predicted molar refractivity (Wildman–Crippen MR) is 56.4 cm³/mol. The van der Waals surface area contributed by atoms with Crippen molar-refractivity contribution in [3.05, 3.63) is 40.2 Å². The van der Waals surface area contributed by atoms with E-state index in [0.29, 0.717) is 6.54 Å². The number of thiazole rings is 1.